The van der Waals surface area contributed by atoms with Crippen LogP contribution in [0.15, 0.2) is 10.8 Å². The average molecular weight is 222 g/mol. The van der Waals surface area contributed by atoms with Gasteiger partial charge >= 0.3 is 0 Å². The molecule has 4 heteroatoms. The Morgan fingerprint density at radius 1 is 1.62 bits per heavy atom. The lowest BCUT2D eigenvalue weighted by Crippen LogP contribution is -2.43. The minimum Gasteiger partial charge on any atom is -0.364 e. The van der Waals surface area contributed by atoms with E-state index in [1.807, 2.05) is 11.8 Å². The van der Waals surface area contributed by atoms with Gasteiger partial charge < -0.3 is 9.42 Å². The summed E-state index contributed by atoms with van der Waals surface area (Å²) in [6.45, 7) is 4.81. The van der Waals surface area contributed by atoms with E-state index >= 15 is 0 Å². The average Bonchev–Trinajstić information content (AvgIpc) is 2.74. The van der Waals surface area contributed by atoms with Crippen molar-refractivity contribution in [2.24, 2.45) is 0 Å². The summed E-state index contributed by atoms with van der Waals surface area (Å²) < 4.78 is 4.83. The van der Waals surface area contributed by atoms with Crippen molar-refractivity contribution in [2.45, 2.75) is 45.6 Å². The predicted molar refractivity (Wildman–Crippen MR) is 60.2 cm³/mol. The second-order valence-corrected chi connectivity index (χ2v) is 4.37. The molecule has 1 aliphatic heterocycles. The number of carbonyl (C=O) groups excluding carboxylic acids is 1. The summed E-state index contributed by atoms with van der Waals surface area (Å²) in [5, 5.41) is 3.76. The number of likely N-dealkylation sites (tertiary alicyclic amines) is 1. The van der Waals surface area contributed by atoms with E-state index in [0.29, 0.717) is 17.3 Å². The van der Waals surface area contributed by atoms with Crippen LogP contribution in [0.4, 0.5) is 0 Å². The summed E-state index contributed by atoms with van der Waals surface area (Å²) in [6.07, 6.45) is 5.93. The van der Waals surface area contributed by atoms with Crippen LogP contribution in [0.5, 0.6) is 0 Å². The maximum Gasteiger partial charge on any atom is 0.259 e. The minimum absolute atomic E-state index is 0.0744. The molecule has 1 unspecified atom stereocenters. The third-order valence-corrected chi connectivity index (χ3v) is 3.34. The number of nitrogens with zero attached hydrogens (tertiary/aromatic N) is 2. The summed E-state index contributed by atoms with van der Waals surface area (Å²) >= 11 is 0. The lowest BCUT2D eigenvalue weighted by molar-refractivity contribution is 0.0606. The number of hydrogen-bond donors (Lipinski definition) is 0. The molecule has 1 saturated heterocycles. The van der Waals surface area contributed by atoms with Gasteiger partial charge in [-0.1, -0.05) is 12.1 Å². The predicted octanol–water partition coefficient (Wildman–Crippen LogP) is 2.39. The van der Waals surface area contributed by atoms with Crippen molar-refractivity contribution >= 4 is 5.91 Å². The number of hydrogen-bond acceptors (Lipinski definition) is 3. The van der Waals surface area contributed by atoms with Crippen molar-refractivity contribution in [1.82, 2.24) is 10.1 Å². The normalized spacial score (nSPS) is 21.1. The fourth-order valence-corrected chi connectivity index (χ4v) is 2.34. The zero-order chi connectivity index (χ0) is 11.5. The number of aryl methyl sites for hydroxylation is 1. The third kappa shape index (κ3) is 1.96. The summed E-state index contributed by atoms with van der Waals surface area (Å²) in [6, 6.07) is 0.385. The van der Waals surface area contributed by atoms with Gasteiger partial charge in [-0.15, -0.1) is 0 Å². The fourth-order valence-electron chi connectivity index (χ4n) is 2.34. The lowest BCUT2D eigenvalue weighted by atomic mass is 9.99. The molecule has 1 aliphatic rings. The molecule has 1 amide bonds. The van der Waals surface area contributed by atoms with E-state index in [2.05, 4.69) is 12.1 Å². The number of aromatic nitrogens is 1. The van der Waals surface area contributed by atoms with Crippen LogP contribution >= 0.6 is 0 Å². The second kappa shape index (κ2) is 4.68. The molecule has 0 bridgehead atoms. The molecule has 1 atom stereocenters. The summed E-state index contributed by atoms with van der Waals surface area (Å²) in [5.41, 5.74) is 1.30. The van der Waals surface area contributed by atoms with E-state index in [-0.39, 0.29) is 5.91 Å². The van der Waals surface area contributed by atoms with Gasteiger partial charge in [0.25, 0.3) is 5.91 Å². The third-order valence-electron chi connectivity index (χ3n) is 3.34. The van der Waals surface area contributed by atoms with E-state index < -0.39 is 0 Å². The largest absolute Gasteiger partial charge is 0.364 e. The van der Waals surface area contributed by atoms with Crippen LogP contribution < -0.4 is 0 Å². The maximum atomic E-state index is 12.3. The van der Waals surface area contributed by atoms with E-state index in [0.717, 1.165) is 25.8 Å². The smallest absolute Gasteiger partial charge is 0.259 e. The van der Waals surface area contributed by atoms with Crippen LogP contribution in [0.3, 0.4) is 0 Å². The van der Waals surface area contributed by atoms with Crippen molar-refractivity contribution < 1.29 is 9.32 Å². The zero-order valence-electron chi connectivity index (χ0n) is 9.90. The number of carbonyl (C=O) groups is 1. The van der Waals surface area contributed by atoms with E-state index in [1.54, 1.807) is 0 Å². The van der Waals surface area contributed by atoms with Crippen molar-refractivity contribution in [1.29, 1.82) is 0 Å². The molecule has 88 valence electrons. The van der Waals surface area contributed by atoms with Gasteiger partial charge in [-0.2, -0.15) is 0 Å². The molecule has 16 heavy (non-hydrogen) atoms. The minimum atomic E-state index is 0.0744. The van der Waals surface area contributed by atoms with Gasteiger partial charge in [0, 0.05) is 12.6 Å². The topological polar surface area (TPSA) is 46.3 Å². The van der Waals surface area contributed by atoms with Gasteiger partial charge in [0.05, 0.1) is 5.69 Å². The SMILES string of the molecule is CCC1CCCCN1C(=O)c1conc1C. The van der Waals surface area contributed by atoms with Crippen molar-refractivity contribution in [2.75, 3.05) is 6.54 Å². The highest BCUT2D eigenvalue weighted by atomic mass is 16.5. The van der Waals surface area contributed by atoms with Crippen LogP contribution in [0.1, 0.15) is 48.7 Å². The van der Waals surface area contributed by atoms with Gasteiger partial charge in [-0.05, 0) is 32.6 Å². The molecule has 0 saturated carbocycles. The highest BCUT2D eigenvalue weighted by molar-refractivity contribution is 5.95. The monoisotopic (exact) mass is 222 g/mol. The van der Waals surface area contributed by atoms with Gasteiger partial charge in [0.1, 0.15) is 11.8 Å². The Bertz CT molecular complexity index is 373. The maximum absolute atomic E-state index is 12.3. The quantitative estimate of drug-likeness (QED) is 0.771. The molecule has 1 aromatic heterocycles. The zero-order valence-corrected chi connectivity index (χ0v) is 9.90. The summed E-state index contributed by atoms with van der Waals surface area (Å²) in [5.74, 6) is 0.0744. The molecule has 0 spiro atoms. The van der Waals surface area contributed by atoms with Crippen molar-refractivity contribution in [3.05, 3.63) is 17.5 Å². The lowest BCUT2D eigenvalue weighted by Gasteiger charge is -2.35. The van der Waals surface area contributed by atoms with Crippen LogP contribution in [-0.2, 0) is 0 Å². The van der Waals surface area contributed by atoms with Gasteiger partial charge in [0.15, 0.2) is 0 Å². The first-order chi connectivity index (χ1) is 7.74. The van der Waals surface area contributed by atoms with Crippen molar-refractivity contribution in [3.8, 4) is 0 Å². The Balaban J connectivity index is 2.17. The second-order valence-electron chi connectivity index (χ2n) is 4.37. The van der Waals surface area contributed by atoms with Crippen LogP contribution in [0.25, 0.3) is 0 Å². The summed E-state index contributed by atoms with van der Waals surface area (Å²) in [4.78, 5) is 14.3. The molecule has 0 N–H and O–H groups in total. The molecule has 2 heterocycles. The first-order valence-corrected chi connectivity index (χ1v) is 5.96. The Labute approximate surface area is 95.6 Å². The highest BCUT2D eigenvalue weighted by Crippen LogP contribution is 2.22. The molecule has 0 aliphatic carbocycles. The Morgan fingerprint density at radius 2 is 2.44 bits per heavy atom. The van der Waals surface area contributed by atoms with Crippen molar-refractivity contribution in [3.63, 3.8) is 0 Å². The molecule has 2 rings (SSSR count). The Morgan fingerprint density at radius 3 is 3.06 bits per heavy atom. The van der Waals surface area contributed by atoms with Gasteiger partial charge in [-0.25, -0.2) is 0 Å². The molecule has 0 aromatic carbocycles. The van der Waals surface area contributed by atoms with E-state index in [1.165, 1.54) is 12.7 Å². The Kier molecular flexibility index (Phi) is 3.27. The first kappa shape index (κ1) is 11.2. The van der Waals surface area contributed by atoms with Crippen LogP contribution in [0, 0.1) is 6.92 Å². The number of rotatable bonds is 2. The molecular weight excluding hydrogens is 204 g/mol. The van der Waals surface area contributed by atoms with E-state index in [4.69, 9.17) is 4.52 Å². The molecule has 1 aromatic rings. The van der Waals surface area contributed by atoms with E-state index in [9.17, 15) is 4.79 Å². The van der Waals surface area contributed by atoms with Gasteiger partial charge in [0.2, 0.25) is 0 Å². The first-order valence-electron chi connectivity index (χ1n) is 5.96. The molecule has 0 radical (unpaired) electrons. The van der Waals surface area contributed by atoms with Gasteiger partial charge in [-0.3, -0.25) is 4.79 Å². The van der Waals surface area contributed by atoms with Crippen LogP contribution in [-0.4, -0.2) is 28.6 Å². The molecular formula is C12H18N2O2. The highest BCUT2D eigenvalue weighted by Gasteiger charge is 2.28. The standard InChI is InChI=1S/C12H18N2O2/c1-3-10-6-4-5-7-14(10)12(15)11-8-16-13-9(11)2/h8,10H,3-7H2,1-2H3. The summed E-state index contributed by atoms with van der Waals surface area (Å²) in [7, 11) is 0. The Hall–Kier alpha value is -1.32. The van der Waals surface area contributed by atoms with Crippen LogP contribution in [0.2, 0.25) is 0 Å². The molecule has 1 fully saturated rings. The number of amides is 1. The number of piperidine rings is 1. The fraction of sp³-hybridized carbons (Fsp3) is 0.667. The molecule has 4 nitrogen and oxygen atoms in total.